The summed E-state index contributed by atoms with van der Waals surface area (Å²) in [6, 6.07) is 15.7. The predicted octanol–water partition coefficient (Wildman–Crippen LogP) is -5.32. The molecule has 0 aliphatic heterocycles. The maximum absolute atomic E-state index is 5.98. The van der Waals surface area contributed by atoms with Crippen LogP contribution in [0, 0.1) is 0 Å². The van der Waals surface area contributed by atoms with E-state index in [1.165, 1.54) is 14.0 Å². The number of hydrogen-bond acceptors (Lipinski definition) is 6. The third-order valence-electron chi connectivity index (χ3n) is 6.31. The van der Waals surface area contributed by atoms with Gasteiger partial charge in [-0.15, -0.1) is 0 Å². The van der Waals surface area contributed by atoms with Gasteiger partial charge in [0.1, 0.15) is 0 Å². The number of hydrogen-bond donors (Lipinski definition) is 0. The number of rotatable bonds is 19. The van der Waals surface area contributed by atoms with Gasteiger partial charge in [0.05, 0.1) is 0 Å². The Morgan fingerprint density at radius 1 is 0.469 bits per heavy atom. The van der Waals surface area contributed by atoms with Crippen LogP contribution >= 0.6 is 0 Å². The van der Waals surface area contributed by atoms with E-state index >= 15 is 0 Å². The van der Waals surface area contributed by atoms with E-state index < -0.39 is 0 Å². The Morgan fingerprint density at radius 3 is 1.45 bits per heavy atom. The molecule has 3 aromatic carbocycles. The molecule has 208 valence electrons. The zero-order valence-corrected chi connectivity index (χ0v) is 28.2. The normalized spacial score (nSPS) is 9.65. The maximum atomic E-state index is 5.98. The van der Waals surface area contributed by atoms with Crippen molar-refractivity contribution in [3.8, 4) is 34.5 Å². The Morgan fingerprint density at radius 2 is 0.939 bits per heavy atom. The summed E-state index contributed by atoms with van der Waals surface area (Å²) in [6.07, 6.45) is 7.98. The average molecular weight is 608 g/mol. The van der Waals surface area contributed by atoms with Gasteiger partial charge in [-0.2, -0.15) is 0 Å². The van der Waals surface area contributed by atoms with Crippen LogP contribution < -0.4 is 27.9 Å². The molecular weight excluding hydrogens is 587 g/mol. The molecule has 0 spiro atoms. The first-order chi connectivity index (χ1) is 24.1. The molecule has 0 bridgehead atoms. The molecule has 0 amide bonds. The van der Waals surface area contributed by atoms with Gasteiger partial charge < -0.3 is 0 Å². The third-order valence-corrected chi connectivity index (χ3v) is 6.31. The standard InChI is InChI=1S/C22H21B21O6/c23-29-34-37-39-43-49-22-19(47-41-36-31-25)11-16(12-20(22)48-42-38-35-30-24)8-6-14-3-1-13(2-4-14)5-7-15-9-17(45-33-27)21(44-28)18(10-15)46-40-32-26/h1-12,23,25,27H,24,26,28H2/b7-5+,8-6+. The van der Waals surface area contributed by atoms with Crippen molar-refractivity contribution in [3.63, 3.8) is 0 Å². The van der Waals surface area contributed by atoms with Crippen molar-refractivity contribution < 1.29 is 27.9 Å². The van der Waals surface area contributed by atoms with E-state index in [1.807, 2.05) is 102 Å². The van der Waals surface area contributed by atoms with Gasteiger partial charge in [-0.25, -0.2) is 0 Å². The molecule has 0 saturated carbocycles. The van der Waals surface area contributed by atoms with Crippen molar-refractivity contribution in [2.45, 2.75) is 0 Å². The van der Waals surface area contributed by atoms with Crippen molar-refractivity contribution >= 4 is 172 Å². The van der Waals surface area contributed by atoms with Gasteiger partial charge in [0.2, 0.25) is 0 Å². The molecule has 27 heteroatoms. The Bertz CT molecular complexity index is 1820. The molecule has 0 heterocycles. The molecule has 3 aromatic rings. The monoisotopic (exact) mass is 612 g/mol. The van der Waals surface area contributed by atoms with Gasteiger partial charge in [-0.05, 0) is 0 Å². The number of benzene rings is 3. The zero-order valence-electron chi connectivity index (χ0n) is 28.2. The first-order valence-electron chi connectivity index (χ1n) is 15.5. The van der Waals surface area contributed by atoms with Crippen LogP contribution in [0.3, 0.4) is 0 Å². The van der Waals surface area contributed by atoms with E-state index in [9.17, 15) is 0 Å². The van der Waals surface area contributed by atoms with Gasteiger partial charge in [0, 0.05) is 0 Å². The van der Waals surface area contributed by atoms with E-state index in [1.54, 1.807) is 82.6 Å². The van der Waals surface area contributed by atoms with Crippen LogP contribution in [0.15, 0.2) is 48.5 Å². The average Bonchev–Trinajstić information content (AvgIpc) is 3.12. The second-order valence-corrected chi connectivity index (χ2v) is 9.82. The van der Waals surface area contributed by atoms with Crippen LogP contribution in [0.2, 0.25) is 0 Å². The van der Waals surface area contributed by atoms with Crippen LogP contribution in [-0.2, 0) is 0 Å². The van der Waals surface area contributed by atoms with Crippen LogP contribution in [0.25, 0.3) is 24.3 Å². The summed E-state index contributed by atoms with van der Waals surface area (Å²) in [5.41, 5.74) is 3.74. The van der Waals surface area contributed by atoms with Gasteiger partial charge in [-0.3, -0.25) is 0 Å². The molecule has 0 fully saturated rings. The fourth-order valence-electron chi connectivity index (χ4n) is 4.12. The second-order valence-electron chi connectivity index (χ2n) is 9.82. The van der Waals surface area contributed by atoms with Gasteiger partial charge in [0.15, 0.2) is 0 Å². The first kappa shape index (κ1) is 40.7. The van der Waals surface area contributed by atoms with Crippen molar-refractivity contribution in [2.24, 2.45) is 0 Å². The molecule has 0 aliphatic carbocycles. The molecule has 0 aromatic heterocycles. The summed E-state index contributed by atoms with van der Waals surface area (Å²) in [4.78, 5) is 0. The van der Waals surface area contributed by atoms with E-state index in [-0.39, 0.29) is 0 Å². The molecule has 0 N–H and O–H groups in total. The topological polar surface area (TPSA) is 55.4 Å². The fraction of sp³-hybridized carbons (Fsp3) is 0. The van der Waals surface area contributed by atoms with E-state index in [0.29, 0.717) is 34.5 Å². The Balaban J connectivity index is 1.90. The van der Waals surface area contributed by atoms with Crippen LogP contribution in [0.1, 0.15) is 22.3 Å². The Labute approximate surface area is 303 Å². The first-order valence-corrected chi connectivity index (χ1v) is 15.5. The summed E-state index contributed by atoms with van der Waals surface area (Å²) < 4.78 is 34.7. The van der Waals surface area contributed by atoms with Crippen molar-refractivity contribution in [3.05, 3.63) is 70.8 Å². The van der Waals surface area contributed by atoms with Crippen LogP contribution in [0.4, 0.5) is 0 Å². The molecule has 3 rings (SSSR count). The fourth-order valence-corrected chi connectivity index (χ4v) is 4.12. The van der Waals surface area contributed by atoms with Gasteiger partial charge in [0.25, 0.3) is 0 Å². The van der Waals surface area contributed by atoms with E-state index in [2.05, 4.69) is 22.1 Å². The summed E-state index contributed by atoms with van der Waals surface area (Å²) in [5, 5.41) is 0. The van der Waals surface area contributed by atoms with E-state index in [4.69, 9.17) is 27.9 Å². The molecule has 0 aliphatic rings. The van der Waals surface area contributed by atoms with Gasteiger partial charge >= 0.3 is 305 Å². The SMILES string of the molecule is B=BB=BB=BOc1c(OB=BB=B)cc(/C=C/c2ccc(/C=C/c3cc(OB=B)c(OB)c(OB=BB)c3)cc2)cc1OB=BB=BB. The summed E-state index contributed by atoms with van der Waals surface area (Å²) in [6.45, 7) is 17.7. The molecule has 0 radical (unpaired) electrons. The molecule has 0 unspecified atom stereocenters. The molecular formula is C22H21B21O6. The molecule has 0 atom stereocenters. The molecule has 49 heavy (non-hydrogen) atoms. The second kappa shape index (κ2) is 24.5. The Kier molecular flexibility index (Phi) is 20.3. The quantitative estimate of drug-likeness (QED) is 0.100. The van der Waals surface area contributed by atoms with Crippen LogP contribution in [-0.4, -0.2) is 148 Å². The molecule has 6 nitrogen and oxygen atoms in total. The van der Waals surface area contributed by atoms with Crippen molar-refractivity contribution in [1.29, 1.82) is 0 Å². The van der Waals surface area contributed by atoms with Crippen LogP contribution in [0.5, 0.6) is 34.5 Å². The molecule has 0 saturated heterocycles. The minimum atomic E-state index is 0.413. The van der Waals surface area contributed by atoms with Crippen molar-refractivity contribution in [1.82, 2.24) is 0 Å². The summed E-state index contributed by atoms with van der Waals surface area (Å²) >= 11 is 0. The third kappa shape index (κ3) is 14.6. The summed E-state index contributed by atoms with van der Waals surface area (Å²) in [5.74, 6) is 2.87. The van der Waals surface area contributed by atoms with E-state index in [0.717, 1.165) is 22.3 Å². The summed E-state index contributed by atoms with van der Waals surface area (Å²) in [7, 11) is 24.0. The predicted molar refractivity (Wildman–Crippen MR) is 234 cm³/mol. The minimum absolute atomic E-state index is 0.413. The van der Waals surface area contributed by atoms with Gasteiger partial charge in [-0.1, -0.05) is 0 Å². The zero-order chi connectivity index (χ0) is 35.1. The Hall–Kier alpha value is -2.70. The van der Waals surface area contributed by atoms with Crippen molar-refractivity contribution in [2.75, 3.05) is 0 Å².